The maximum Gasteiger partial charge on any atom is 0.274 e. The first-order valence-corrected chi connectivity index (χ1v) is 8.13. The van der Waals surface area contributed by atoms with Crippen molar-refractivity contribution < 1.29 is 18.7 Å². The maximum absolute atomic E-state index is 12.1. The van der Waals surface area contributed by atoms with Gasteiger partial charge in [0, 0.05) is 14.1 Å². The molecule has 26 heavy (non-hydrogen) atoms. The van der Waals surface area contributed by atoms with Gasteiger partial charge in [-0.25, -0.2) is 5.43 Å². The predicted octanol–water partition coefficient (Wildman–Crippen LogP) is 2.52. The van der Waals surface area contributed by atoms with E-state index in [0.29, 0.717) is 28.5 Å². The Balaban J connectivity index is 1.97. The van der Waals surface area contributed by atoms with Crippen molar-refractivity contribution in [1.82, 2.24) is 10.3 Å². The fourth-order valence-electron chi connectivity index (χ4n) is 2.18. The van der Waals surface area contributed by atoms with Crippen LogP contribution in [0.4, 0.5) is 0 Å². The van der Waals surface area contributed by atoms with Crippen LogP contribution in [0.15, 0.2) is 39.9 Å². The second kappa shape index (κ2) is 8.33. The Morgan fingerprint density at radius 1 is 1.19 bits per heavy atom. The summed E-state index contributed by atoms with van der Waals surface area (Å²) in [7, 11) is 3.35. The van der Waals surface area contributed by atoms with E-state index >= 15 is 0 Å². The number of ether oxygens (including phenoxy) is 1. The molecule has 0 aliphatic carbocycles. The van der Waals surface area contributed by atoms with Crippen molar-refractivity contribution in [2.24, 2.45) is 5.10 Å². The van der Waals surface area contributed by atoms with Crippen molar-refractivity contribution in [2.45, 2.75) is 20.8 Å². The molecule has 0 saturated carbocycles. The first-order chi connectivity index (χ1) is 12.3. The van der Waals surface area contributed by atoms with Crippen LogP contribution in [-0.2, 0) is 4.79 Å². The minimum absolute atomic E-state index is 0.0149. The zero-order valence-corrected chi connectivity index (χ0v) is 15.6. The lowest BCUT2D eigenvalue weighted by atomic mass is 10.1. The van der Waals surface area contributed by atoms with Gasteiger partial charge in [0.05, 0.1) is 11.3 Å². The number of rotatable bonds is 6. The number of carbonyl (C=O) groups excluding carboxylic acids is 2. The molecular weight excluding hydrogens is 334 g/mol. The van der Waals surface area contributed by atoms with E-state index in [0.717, 1.165) is 5.56 Å². The summed E-state index contributed by atoms with van der Waals surface area (Å²) in [5, 5.41) is 4.12. The molecule has 0 aliphatic rings. The summed E-state index contributed by atoms with van der Waals surface area (Å²) in [6, 6.07) is 8.81. The number of likely N-dealkylation sites (N-methyl/N-ethyl adjacent to an activating group) is 1. The van der Waals surface area contributed by atoms with Gasteiger partial charge in [-0.05, 0) is 56.7 Å². The molecule has 7 nitrogen and oxygen atoms in total. The summed E-state index contributed by atoms with van der Waals surface area (Å²) in [6.45, 7) is 5.30. The molecule has 2 amide bonds. The Kier molecular flexibility index (Phi) is 6.16. The van der Waals surface area contributed by atoms with Gasteiger partial charge in [-0.15, -0.1) is 0 Å². The molecule has 0 fully saturated rings. The molecule has 0 aliphatic heterocycles. The van der Waals surface area contributed by atoms with Gasteiger partial charge in [-0.2, -0.15) is 5.10 Å². The Labute approximate surface area is 152 Å². The molecule has 7 heteroatoms. The summed E-state index contributed by atoms with van der Waals surface area (Å²) in [5.74, 6) is 1.39. The number of hydrazone groups is 1. The Hall–Kier alpha value is -3.09. The fraction of sp³-hybridized carbons (Fsp3) is 0.316. The summed E-state index contributed by atoms with van der Waals surface area (Å²) < 4.78 is 10.8. The molecule has 0 unspecified atom stereocenters. The van der Waals surface area contributed by atoms with E-state index in [1.165, 1.54) is 4.90 Å². The van der Waals surface area contributed by atoms with Crippen LogP contribution in [0.25, 0.3) is 0 Å². The number of carbonyl (C=O) groups is 2. The highest BCUT2D eigenvalue weighted by molar-refractivity contribution is 6.01. The average molecular weight is 357 g/mol. The fourth-order valence-corrected chi connectivity index (χ4v) is 2.18. The number of benzene rings is 1. The Bertz CT molecular complexity index is 820. The third-order valence-electron chi connectivity index (χ3n) is 3.74. The Morgan fingerprint density at radius 2 is 1.85 bits per heavy atom. The lowest BCUT2D eigenvalue weighted by molar-refractivity contribution is -0.130. The van der Waals surface area contributed by atoms with Gasteiger partial charge in [0.2, 0.25) is 0 Å². The molecule has 0 saturated heterocycles. The molecule has 1 aromatic heterocycles. The van der Waals surface area contributed by atoms with Gasteiger partial charge in [0.15, 0.2) is 6.61 Å². The predicted molar refractivity (Wildman–Crippen MR) is 98.5 cm³/mol. The number of nitrogens with zero attached hydrogens (tertiary/aromatic N) is 2. The molecule has 0 radical (unpaired) electrons. The van der Waals surface area contributed by atoms with Crippen molar-refractivity contribution in [3.05, 3.63) is 53.0 Å². The van der Waals surface area contributed by atoms with Crippen LogP contribution in [-0.4, -0.2) is 43.1 Å². The number of amides is 2. The number of furan rings is 1. The molecule has 1 N–H and O–H groups in total. The number of hydrogen-bond acceptors (Lipinski definition) is 5. The van der Waals surface area contributed by atoms with E-state index in [4.69, 9.17) is 9.15 Å². The molecular formula is C19H23N3O4. The molecule has 138 valence electrons. The van der Waals surface area contributed by atoms with Crippen LogP contribution in [0.1, 0.15) is 34.4 Å². The third-order valence-corrected chi connectivity index (χ3v) is 3.74. The summed E-state index contributed by atoms with van der Waals surface area (Å²) in [4.78, 5) is 25.1. The SMILES string of the molecule is C/C(=N/NC(=O)c1cc(C)oc1C)c1ccc(OCC(=O)N(C)C)cc1. The topological polar surface area (TPSA) is 84.1 Å². The minimum Gasteiger partial charge on any atom is -0.484 e. The standard InChI is InChI=1S/C19H23N3O4/c1-12-10-17(14(3)26-12)19(24)21-20-13(2)15-6-8-16(9-7-15)25-11-18(23)22(4)5/h6-10H,11H2,1-5H3,(H,21,24)/b20-13-. The van der Waals surface area contributed by atoms with E-state index in [2.05, 4.69) is 10.5 Å². The van der Waals surface area contributed by atoms with Gasteiger partial charge in [0.25, 0.3) is 11.8 Å². The van der Waals surface area contributed by atoms with Gasteiger partial charge < -0.3 is 14.1 Å². The van der Waals surface area contributed by atoms with Gasteiger partial charge >= 0.3 is 0 Å². The zero-order chi connectivity index (χ0) is 19.3. The lowest BCUT2D eigenvalue weighted by Gasteiger charge is -2.11. The maximum atomic E-state index is 12.1. The monoisotopic (exact) mass is 357 g/mol. The lowest BCUT2D eigenvalue weighted by Crippen LogP contribution is -2.27. The van der Waals surface area contributed by atoms with E-state index in [1.54, 1.807) is 53.1 Å². The van der Waals surface area contributed by atoms with Gasteiger partial charge in [-0.1, -0.05) is 0 Å². The molecule has 2 aromatic rings. The van der Waals surface area contributed by atoms with Crippen molar-refractivity contribution in [3.63, 3.8) is 0 Å². The van der Waals surface area contributed by atoms with Crippen molar-refractivity contribution in [3.8, 4) is 5.75 Å². The molecule has 0 bridgehead atoms. The second-order valence-corrected chi connectivity index (χ2v) is 6.07. The quantitative estimate of drug-likeness (QED) is 0.636. The van der Waals surface area contributed by atoms with Crippen LogP contribution < -0.4 is 10.2 Å². The van der Waals surface area contributed by atoms with E-state index in [1.807, 2.05) is 12.1 Å². The largest absolute Gasteiger partial charge is 0.484 e. The molecule has 0 spiro atoms. The average Bonchev–Trinajstić information content (AvgIpc) is 2.95. The highest BCUT2D eigenvalue weighted by Crippen LogP contribution is 2.14. The Morgan fingerprint density at radius 3 is 2.38 bits per heavy atom. The smallest absolute Gasteiger partial charge is 0.274 e. The molecule has 1 aromatic carbocycles. The highest BCUT2D eigenvalue weighted by Gasteiger charge is 2.13. The molecule has 1 heterocycles. The third kappa shape index (κ3) is 4.95. The van der Waals surface area contributed by atoms with Gasteiger partial charge in [0.1, 0.15) is 17.3 Å². The van der Waals surface area contributed by atoms with Gasteiger partial charge in [-0.3, -0.25) is 9.59 Å². The van der Waals surface area contributed by atoms with Crippen LogP contribution in [0.3, 0.4) is 0 Å². The van der Waals surface area contributed by atoms with E-state index in [-0.39, 0.29) is 18.4 Å². The minimum atomic E-state index is -0.319. The van der Waals surface area contributed by atoms with E-state index in [9.17, 15) is 9.59 Å². The van der Waals surface area contributed by atoms with Crippen molar-refractivity contribution in [2.75, 3.05) is 20.7 Å². The number of nitrogens with one attached hydrogen (secondary N) is 1. The van der Waals surface area contributed by atoms with Crippen LogP contribution in [0, 0.1) is 13.8 Å². The first-order valence-electron chi connectivity index (χ1n) is 8.13. The van der Waals surface area contributed by atoms with Crippen LogP contribution >= 0.6 is 0 Å². The number of hydrogen-bond donors (Lipinski definition) is 1. The van der Waals surface area contributed by atoms with E-state index < -0.39 is 0 Å². The second-order valence-electron chi connectivity index (χ2n) is 6.07. The first kappa shape index (κ1) is 19.2. The van der Waals surface area contributed by atoms with Crippen LogP contribution in [0.5, 0.6) is 5.75 Å². The summed E-state index contributed by atoms with van der Waals surface area (Å²) >= 11 is 0. The highest BCUT2D eigenvalue weighted by atomic mass is 16.5. The summed E-state index contributed by atoms with van der Waals surface area (Å²) in [6.07, 6.45) is 0. The van der Waals surface area contributed by atoms with Crippen molar-refractivity contribution in [1.29, 1.82) is 0 Å². The zero-order valence-electron chi connectivity index (χ0n) is 15.6. The van der Waals surface area contributed by atoms with Crippen molar-refractivity contribution >= 4 is 17.5 Å². The van der Waals surface area contributed by atoms with Crippen LogP contribution in [0.2, 0.25) is 0 Å². The summed E-state index contributed by atoms with van der Waals surface area (Å²) in [5.41, 5.74) is 4.47. The molecule has 0 atom stereocenters. The number of aryl methyl sites for hydroxylation is 2. The molecule has 2 rings (SSSR count). The normalized spacial score (nSPS) is 11.2.